The number of fused-ring (bicyclic) bond motifs is 3. The van der Waals surface area contributed by atoms with Crippen LogP contribution in [0.1, 0.15) is 17.7 Å². The average Bonchev–Trinajstić information content (AvgIpc) is 2.71. The molecule has 0 radical (unpaired) electrons. The van der Waals surface area contributed by atoms with E-state index in [-0.39, 0.29) is 10.8 Å². The van der Waals surface area contributed by atoms with Gasteiger partial charge in [0.1, 0.15) is 5.82 Å². The fourth-order valence-corrected chi connectivity index (χ4v) is 3.00. The van der Waals surface area contributed by atoms with Crippen LogP contribution >= 0.6 is 11.6 Å². The second-order valence-electron chi connectivity index (χ2n) is 4.71. The van der Waals surface area contributed by atoms with Crippen molar-refractivity contribution in [1.82, 2.24) is 4.98 Å². The molecule has 17 heavy (non-hydrogen) atoms. The summed E-state index contributed by atoms with van der Waals surface area (Å²) in [6.45, 7) is 0.680. The van der Waals surface area contributed by atoms with Crippen LogP contribution in [0.2, 0.25) is 5.02 Å². The van der Waals surface area contributed by atoms with E-state index in [4.69, 9.17) is 17.3 Å². The minimum Gasteiger partial charge on any atom is -0.358 e. The van der Waals surface area contributed by atoms with E-state index in [0.29, 0.717) is 12.5 Å². The van der Waals surface area contributed by atoms with Crippen LogP contribution in [0.3, 0.4) is 0 Å². The van der Waals surface area contributed by atoms with Gasteiger partial charge in [-0.15, -0.1) is 0 Å². The summed E-state index contributed by atoms with van der Waals surface area (Å²) < 4.78 is 13.5. The third kappa shape index (κ3) is 1.65. The summed E-state index contributed by atoms with van der Waals surface area (Å²) in [6.07, 6.45) is 2.97. The highest BCUT2D eigenvalue weighted by atomic mass is 35.5. The summed E-state index contributed by atoms with van der Waals surface area (Å²) >= 11 is 6.07. The Bertz CT molecular complexity index is 576. The molecular weight excluding hydrogens is 239 g/mol. The minimum atomic E-state index is -0.351. The summed E-state index contributed by atoms with van der Waals surface area (Å²) in [5.74, 6) is 0.136. The molecule has 1 unspecified atom stereocenters. The lowest BCUT2D eigenvalue weighted by Gasteiger charge is -2.20. The van der Waals surface area contributed by atoms with Gasteiger partial charge in [-0.2, -0.15) is 0 Å². The van der Waals surface area contributed by atoms with Gasteiger partial charge in [-0.1, -0.05) is 11.6 Å². The molecule has 2 nitrogen and oxygen atoms in total. The van der Waals surface area contributed by atoms with E-state index in [1.807, 2.05) is 0 Å². The molecule has 1 aliphatic carbocycles. The highest BCUT2D eigenvalue weighted by Gasteiger charge is 2.23. The first-order valence-electron chi connectivity index (χ1n) is 5.88. The molecule has 1 heterocycles. The average molecular weight is 253 g/mol. The largest absolute Gasteiger partial charge is 0.358 e. The van der Waals surface area contributed by atoms with E-state index in [0.717, 1.165) is 35.7 Å². The summed E-state index contributed by atoms with van der Waals surface area (Å²) in [5, 5.41) is 1.08. The Morgan fingerprint density at radius 1 is 1.47 bits per heavy atom. The number of benzene rings is 1. The Kier molecular flexibility index (Phi) is 2.60. The molecule has 0 saturated carbocycles. The zero-order chi connectivity index (χ0) is 12.0. The monoisotopic (exact) mass is 252 g/mol. The van der Waals surface area contributed by atoms with Gasteiger partial charge >= 0.3 is 0 Å². The second kappa shape index (κ2) is 4.00. The van der Waals surface area contributed by atoms with Crippen LogP contribution in [0, 0.1) is 11.7 Å². The van der Waals surface area contributed by atoms with Crippen LogP contribution in [0.25, 0.3) is 10.9 Å². The standard InChI is InChI=1S/C13H14ClFN2/c14-13-9(15)2-4-11-12(13)8-5-7(6-16)1-3-10(8)17-11/h2,4,7,17H,1,3,5-6,16H2. The second-order valence-corrected chi connectivity index (χ2v) is 5.09. The number of rotatable bonds is 1. The fraction of sp³-hybridized carbons (Fsp3) is 0.385. The maximum absolute atomic E-state index is 13.5. The molecule has 0 fully saturated rings. The van der Waals surface area contributed by atoms with Crippen molar-refractivity contribution in [2.45, 2.75) is 19.3 Å². The third-order valence-electron chi connectivity index (χ3n) is 3.68. The fourth-order valence-electron chi connectivity index (χ4n) is 2.72. The lowest BCUT2D eigenvalue weighted by Crippen LogP contribution is -2.21. The Labute approximate surface area is 104 Å². The topological polar surface area (TPSA) is 41.8 Å². The summed E-state index contributed by atoms with van der Waals surface area (Å²) in [5.41, 5.74) is 9.00. The van der Waals surface area contributed by atoms with Crippen molar-refractivity contribution in [3.63, 3.8) is 0 Å². The van der Waals surface area contributed by atoms with Crippen molar-refractivity contribution in [2.75, 3.05) is 6.54 Å². The predicted octanol–water partition coefficient (Wildman–Crippen LogP) is 3.02. The summed E-state index contributed by atoms with van der Waals surface area (Å²) in [7, 11) is 0. The van der Waals surface area contributed by atoms with Crippen LogP contribution in [-0.4, -0.2) is 11.5 Å². The van der Waals surface area contributed by atoms with E-state index < -0.39 is 0 Å². The first kappa shape index (κ1) is 11.1. The highest BCUT2D eigenvalue weighted by molar-refractivity contribution is 6.36. The lowest BCUT2D eigenvalue weighted by molar-refractivity contribution is 0.468. The molecule has 1 atom stereocenters. The highest BCUT2D eigenvalue weighted by Crippen LogP contribution is 2.36. The SMILES string of the molecule is NCC1CCc2[nH]c3ccc(F)c(Cl)c3c2C1. The maximum Gasteiger partial charge on any atom is 0.142 e. The van der Waals surface area contributed by atoms with Crippen LogP contribution in [0.5, 0.6) is 0 Å². The van der Waals surface area contributed by atoms with Gasteiger partial charge in [0, 0.05) is 16.6 Å². The Morgan fingerprint density at radius 3 is 3.06 bits per heavy atom. The summed E-state index contributed by atoms with van der Waals surface area (Å²) in [6, 6.07) is 3.17. The van der Waals surface area contributed by atoms with Crippen molar-refractivity contribution < 1.29 is 4.39 Å². The molecule has 0 aliphatic heterocycles. The molecule has 4 heteroatoms. The van der Waals surface area contributed by atoms with E-state index in [1.54, 1.807) is 6.07 Å². The number of aromatic amines is 1. The molecule has 2 aromatic rings. The van der Waals surface area contributed by atoms with Crippen molar-refractivity contribution >= 4 is 22.5 Å². The Morgan fingerprint density at radius 2 is 2.29 bits per heavy atom. The van der Waals surface area contributed by atoms with Gasteiger partial charge in [-0.05, 0) is 49.4 Å². The van der Waals surface area contributed by atoms with Gasteiger partial charge in [0.2, 0.25) is 0 Å². The molecule has 0 bridgehead atoms. The van der Waals surface area contributed by atoms with Crippen molar-refractivity contribution in [3.05, 3.63) is 34.2 Å². The summed E-state index contributed by atoms with van der Waals surface area (Å²) in [4.78, 5) is 3.34. The zero-order valence-electron chi connectivity index (χ0n) is 9.39. The van der Waals surface area contributed by atoms with E-state index in [2.05, 4.69) is 4.98 Å². The number of aryl methyl sites for hydroxylation is 1. The number of nitrogens with two attached hydrogens (primary N) is 1. The molecule has 3 rings (SSSR count). The quantitative estimate of drug-likeness (QED) is 0.805. The minimum absolute atomic E-state index is 0.234. The van der Waals surface area contributed by atoms with Crippen LogP contribution in [0.15, 0.2) is 12.1 Å². The smallest absolute Gasteiger partial charge is 0.142 e. The number of aromatic nitrogens is 1. The number of nitrogens with one attached hydrogen (secondary N) is 1. The van der Waals surface area contributed by atoms with Crippen molar-refractivity contribution in [3.8, 4) is 0 Å². The molecule has 1 aromatic carbocycles. The molecule has 0 amide bonds. The van der Waals surface area contributed by atoms with Gasteiger partial charge in [0.25, 0.3) is 0 Å². The first-order valence-corrected chi connectivity index (χ1v) is 6.26. The molecule has 0 spiro atoms. The van der Waals surface area contributed by atoms with Crippen molar-refractivity contribution in [1.29, 1.82) is 0 Å². The van der Waals surface area contributed by atoms with Gasteiger partial charge < -0.3 is 10.7 Å². The van der Waals surface area contributed by atoms with Crippen LogP contribution in [0.4, 0.5) is 4.39 Å². The van der Waals surface area contributed by atoms with Crippen LogP contribution < -0.4 is 5.73 Å². The Hall–Kier alpha value is -1.06. The third-order valence-corrected chi connectivity index (χ3v) is 4.04. The zero-order valence-corrected chi connectivity index (χ0v) is 10.1. The van der Waals surface area contributed by atoms with E-state index in [1.165, 1.54) is 11.8 Å². The number of hydrogen-bond acceptors (Lipinski definition) is 1. The van der Waals surface area contributed by atoms with E-state index in [9.17, 15) is 4.39 Å². The van der Waals surface area contributed by atoms with Gasteiger partial charge in [0.05, 0.1) is 5.02 Å². The molecule has 1 aromatic heterocycles. The van der Waals surface area contributed by atoms with Crippen LogP contribution in [-0.2, 0) is 12.8 Å². The van der Waals surface area contributed by atoms with Crippen molar-refractivity contribution in [2.24, 2.45) is 11.7 Å². The molecular formula is C13H14ClFN2. The van der Waals surface area contributed by atoms with E-state index >= 15 is 0 Å². The molecule has 1 aliphatic rings. The molecule has 3 N–H and O–H groups in total. The maximum atomic E-state index is 13.5. The normalized spacial score (nSPS) is 19.6. The van der Waals surface area contributed by atoms with Gasteiger partial charge in [-0.3, -0.25) is 0 Å². The Balaban J connectivity index is 2.22. The number of H-pyrrole nitrogens is 1. The van der Waals surface area contributed by atoms with Gasteiger partial charge in [0.15, 0.2) is 0 Å². The number of hydrogen-bond donors (Lipinski definition) is 2. The van der Waals surface area contributed by atoms with Gasteiger partial charge in [-0.25, -0.2) is 4.39 Å². The molecule has 90 valence electrons. The lowest BCUT2D eigenvalue weighted by atomic mass is 9.86. The first-order chi connectivity index (χ1) is 8.20. The predicted molar refractivity (Wildman–Crippen MR) is 67.8 cm³/mol. The molecule has 0 saturated heterocycles. The number of halogens is 2.